The molecule has 0 spiro atoms. The average Bonchev–Trinajstić information content (AvgIpc) is 2.89. The summed E-state index contributed by atoms with van der Waals surface area (Å²) < 4.78 is 1.87. The van der Waals surface area contributed by atoms with Gasteiger partial charge in [-0.05, 0) is 43.5 Å². The zero-order valence-electron chi connectivity index (χ0n) is 13.8. The molecule has 3 aromatic rings. The van der Waals surface area contributed by atoms with Crippen LogP contribution in [-0.4, -0.2) is 15.3 Å². The number of pyridine rings is 1. The van der Waals surface area contributed by atoms with Crippen molar-refractivity contribution in [2.24, 2.45) is 0 Å². The van der Waals surface area contributed by atoms with E-state index in [1.165, 1.54) is 0 Å². The number of carbonyl (C=O) groups is 1. The van der Waals surface area contributed by atoms with Gasteiger partial charge in [0.25, 0.3) is 5.91 Å². The van der Waals surface area contributed by atoms with Crippen LogP contribution in [0.2, 0.25) is 0 Å². The van der Waals surface area contributed by atoms with Crippen molar-refractivity contribution in [2.45, 2.75) is 33.6 Å². The zero-order chi connectivity index (χ0) is 16.4. The van der Waals surface area contributed by atoms with E-state index in [0.717, 1.165) is 41.0 Å². The van der Waals surface area contributed by atoms with Crippen molar-refractivity contribution in [1.82, 2.24) is 9.38 Å². The molecule has 118 valence electrons. The molecular weight excluding hydrogens is 286 g/mol. The first-order valence-corrected chi connectivity index (χ1v) is 7.95. The third-order valence-corrected chi connectivity index (χ3v) is 4.02. The molecule has 0 unspecified atom stereocenters. The second-order valence-electron chi connectivity index (χ2n) is 5.81. The molecule has 1 amide bonds. The van der Waals surface area contributed by atoms with Crippen LogP contribution in [0, 0.1) is 13.8 Å². The van der Waals surface area contributed by atoms with Crippen molar-refractivity contribution in [3.05, 3.63) is 65.1 Å². The first-order chi connectivity index (χ1) is 11.1. The van der Waals surface area contributed by atoms with E-state index in [0.29, 0.717) is 5.69 Å². The fourth-order valence-corrected chi connectivity index (χ4v) is 2.88. The Hall–Kier alpha value is -2.62. The molecule has 1 N–H and O–H groups in total. The number of amides is 1. The summed E-state index contributed by atoms with van der Waals surface area (Å²) in [5, 5.41) is 3.07. The van der Waals surface area contributed by atoms with Crippen molar-refractivity contribution >= 4 is 17.2 Å². The van der Waals surface area contributed by atoms with Crippen molar-refractivity contribution in [1.29, 1.82) is 0 Å². The summed E-state index contributed by atoms with van der Waals surface area (Å²) in [5.41, 5.74) is 5.29. The van der Waals surface area contributed by atoms with Crippen LogP contribution in [0.3, 0.4) is 0 Å². The van der Waals surface area contributed by atoms with Gasteiger partial charge in [-0.3, -0.25) is 9.20 Å². The molecule has 4 heteroatoms. The number of rotatable bonds is 4. The number of nitrogens with one attached hydrogen (secondary N) is 1. The highest BCUT2D eigenvalue weighted by molar-refractivity contribution is 6.05. The predicted octanol–water partition coefficient (Wildman–Crippen LogP) is 4.16. The lowest BCUT2D eigenvalue weighted by Gasteiger charge is -2.12. The predicted molar refractivity (Wildman–Crippen MR) is 93.1 cm³/mol. The number of para-hydroxylation sites is 1. The van der Waals surface area contributed by atoms with Crippen LogP contribution in [0.5, 0.6) is 0 Å². The number of benzene rings is 1. The molecule has 0 radical (unpaired) electrons. The Kier molecular flexibility index (Phi) is 4.15. The number of carbonyl (C=O) groups excluding carboxylic acids is 1. The molecule has 4 nitrogen and oxygen atoms in total. The highest BCUT2D eigenvalue weighted by Crippen LogP contribution is 2.22. The number of anilines is 1. The maximum absolute atomic E-state index is 12.9. The smallest absolute Gasteiger partial charge is 0.274 e. The van der Waals surface area contributed by atoms with Gasteiger partial charge in [-0.2, -0.15) is 0 Å². The number of imidazole rings is 1. The van der Waals surface area contributed by atoms with Gasteiger partial charge in [0.2, 0.25) is 0 Å². The van der Waals surface area contributed by atoms with Crippen molar-refractivity contribution < 1.29 is 4.79 Å². The third-order valence-electron chi connectivity index (χ3n) is 4.02. The molecule has 1 aromatic carbocycles. The molecular formula is C19H21N3O. The van der Waals surface area contributed by atoms with Crippen LogP contribution in [0.4, 0.5) is 5.69 Å². The first kappa shape index (κ1) is 15.3. The molecule has 0 bridgehead atoms. The van der Waals surface area contributed by atoms with Gasteiger partial charge in [-0.25, -0.2) is 4.98 Å². The second kappa shape index (κ2) is 6.24. The number of aryl methyl sites for hydroxylation is 3. The number of hydrogen-bond donors (Lipinski definition) is 1. The molecule has 0 aliphatic carbocycles. The first-order valence-electron chi connectivity index (χ1n) is 7.95. The number of fused-ring (bicyclic) bond motifs is 1. The summed E-state index contributed by atoms with van der Waals surface area (Å²) in [6, 6.07) is 11.8. The molecule has 0 aliphatic heterocycles. The lowest BCUT2D eigenvalue weighted by atomic mass is 10.1. The second-order valence-corrected chi connectivity index (χ2v) is 5.81. The number of nitrogens with zero attached hydrogens (tertiary/aromatic N) is 2. The zero-order valence-corrected chi connectivity index (χ0v) is 13.8. The third kappa shape index (κ3) is 2.84. The fourth-order valence-electron chi connectivity index (χ4n) is 2.88. The maximum Gasteiger partial charge on any atom is 0.274 e. The molecule has 2 aromatic heterocycles. The molecule has 2 heterocycles. The monoisotopic (exact) mass is 307 g/mol. The van der Waals surface area contributed by atoms with Crippen LogP contribution >= 0.6 is 0 Å². The Morgan fingerprint density at radius 3 is 2.57 bits per heavy atom. The molecule has 0 saturated carbocycles. The molecule has 0 aliphatic rings. The SMILES string of the molecule is CCCc1nc2ccccn2c1C(=O)Nc1c(C)cccc1C. The molecule has 0 fully saturated rings. The molecule has 0 saturated heterocycles. The van der Waals surface area contributed by atoms with Crippen LogP contribution in [0.1, 0.15) is 40.7 Å². The lowest BCUT2D eigenvalue weighted by Crippen LogP contribution is -2.17. The van der Waals surface area contributed by atoms with Gasteiger partial charge < -0.3 is 5.32 Å². The van der Waals surface area contributed by atoms with Crippen LogP contribution in [0.15, 0.2) is 42.6 Å². The van der Waals surface area contributed by atoms with E-state index in [1.807, 2.05) is 60.8 Å². The van der Waals surface area contributed by atoms with E-state index >= 15 is 0 Å². The Morgan fingerprint density at radius 1 is 1.13 bits per heavy atom. The van der Waals surface area contributed by atoms with Crippen LogP contribution in [0.25, 0.3) is 5.65 Å². The molecule has 23 heavy (non-hydrogen) atoms. The van der Waals surface area contributed by atoms with E-state index in [4.69, 9.17) is 0 Å². The van der Waals surface area contributed by atoms with Gasteiger partial charge in [0.05, 0.1) is 5.69 Å². The summed E-state index contributed by atoms with van der Waals surface area (Å²) in [4.78, 5) is 17.5. The highest BCUT2D eigenvalue weighted by atomic mass is 16.2. The Bertz CT molecular complexity index is 844. The number of aromatic nitrogens is 2. The van der Waals surface area contributed by atoms with E-state index < -0.39 is 0 Å². The van der Waals surface area contributed by atoms with Gasteiger partial charge in [-0.1, -0.05) is 37.6 Å². The van der Waals surface area contributed by atoms with Crippen LogP contribution in [-0.2, 0) is 6.42 Å². The van der Waals surface area contributed by atoms with E-state index in [9.17, 15) is 4.79 Å². The Balaban J connectivity index is 2.05. The normalized spacial score (nSPS) is 10.9. The summed E-state index contributed by atoms with van der Waals surface area (Å²) >= 11 is 0. The quantitative estimate of drug-likeness (QED) is 0.787. The summed E-state index contributed by atoms with van der Waals surface area (Å²) in [5.74, 6) is -0.107. The van der Waals surface area contributed by atoms with E-state index in [-0.39, 0.29) is 5.91 Å². The van der Waals surface area contributed by atoms with Gasteiger partial charge >= 0.3 is 0 Å². The molecule has 0 atom stereocenters. The average molecular weight is 307 g/mol. The topological polar surface area (TPSA) is 46.4 Å². The molecule has 3 rings (SSSR count). The minimum Gasteiger partial charge on any atom is -0.320 e. The van der Waals surface area contributed by atoms with E-state index in [1.54, 1.807) is 0 Å². The standard InChI is InChI=1S/C19H21N3O/c1-4-8-15-18(22-12-6-5-11-16(22)20-15)19(23)21-17-13(2)9-7-10-14(17)3/h5-7,9-12H,4,8H2,1-3H3,(H,21,23). The number of hydrogen-bond acceptors (Lipinski definition) is 2. The van der Waals surface area contributed by atoms with Crippen molar-refractivity contribution in [3.63, 3.8) is 0 Å². The van der Waals surface area contributed by atoms with Gasteiger partial charge in [-0.15, -0.1) is 0 Å². The van der Waals surface area contributed by atoms with Crippen LogP contribution < -0.4 is 5.32 Å². The lowest BCUT2D eigenvalue weighted by molar-refractivity contribution is 0.102. The van der Waals surface area contributed by atoms with Crippen molar-refractivity contribution in [3.8, 4) is 0 Å². The Labute approximate surface area is 136 Å². The Morgan fingerprint density at radius 2 is 1.87 bits per heavy atom. The highest BCUT2D eigenvalue weighted by Gasteiger charge is 2.19. The maximum atomic E-state index is 12.9. The fraction of sp³-hybridized carbons (Fsp3) is 0.263. The van der Waals surface area contributed by atoms with Gasteiger partial charge in [0.1, 0.15) is 11.3 Å². The summed E-state index contributed by atoms with van der Waals surface area (Å²) in [6.45, 7) is 6.10. The van der Waals surface area contributed by atoms with E-state index in [2.05, 4.69) is 17.2 Å². The van der Waals surface area contributed by atoms with Crippen molar-refractivity contribution in [2.75, 3.05) is 5.32 Å². The summed E-state index contributed by atoms with van der Waals surface area (Å²) in [6.07, 6.45) is 3.63. The minimum absolute atomic E-state index is 0.107. The summed E-state index contributed by atoms with van der Waals surface area (Å²) in [7, 11) is 0. The largest absolute Gasteiger partial charge is 0.320 e. The van der Waals surface area contributed by atoms with Gasteiger partial charge in [0, 0.05) is 11.9 Å². The van der Waals surface area contributed by atoms with Gasteiger partial charge in [0.15, 0.2) is 0 Å². The minimum atomic E-state index is -0.107.